The van der Waals surface area contributed by atoms with E-state index in [2.05, 4.69) is 48.5 Å². The molecule has 0 aromatic carbocycles. The molecular weight excluding hydrogens is 108 g/mol. The summed E-state index contributed by atoms with van der Waals surface area (Å²) in [6.45, 7) is 16.2. The van der Waals surface area contributed by atoms with E-state index in [1.807, 2.05) is 0 Å². The van der Waals surface area contributed by atoms with Gasteiger partial charge >= 0.3 is 0 Å². The van der Waals surface area contributed by atoms with Crippen molar-refractivity contribution >= 4 is 0 Å². The number of hydrogen-bond acceptors (Lipinski definition) is 0. The lowest BCUT2D eigenvalue weighted by molar-refractivity contribution is 0.539. The number of hydrogen-bond donors (Lipinski definition) is 0. The Morgan fingerprint density at radius 1 is 1.00 bits per heavy atom. The van der Waals surface area contributed by atoms with Crippen LogP contribution < -0.4 is 0 Å². The van der Waals surface area contributed by atoms with E-state index in [0.29, 0.717) is 0 Å². The van der Waals surface area contributed by atoms with Crippen molar-refractivity contribution in [3.8, 4) is 0 Å². The highest BCUT2D eigenvalue weighted by molar-refractivity contribution is 4.65. The maximum absolute atomic E-state index is 3.77. The fraction of sp³-hybridized carbons (Fsp3) is 0.778. The summed E-state index contributed by atoms with van der Waals surface area (Å²) in [5, 5.41) is 0. The van der Waals surface area contributed by atoms with Gasteiger partial charge in [-0.25, -0.2) is 0 Å². The van der Waals surface area contributed by atoms with Crippen LogP contribution in [0.15, 0.2) is 0 Å². The average molecular weight is 128 g/mol. The van der Waals surface area contributed by atoms with Crippen molar-refractivity contribution in [2.45, 2.75) is 41.5 Å². The zero-order chi connectivity index (χ0) is 8.08. The highest BCUT2D eigenvalue weighted by Gasteiger charge is 1.95. The molecule has 0 aliphatic heterocycles. The molecule has 0 N–H and O–H groups in total. The third kappa shape index (κ3) is 0. The van der Waals surface area contributed by atoms with Gasteiger partial charge in [0.25, 0.3) is 0 Å². The molecule has 0 heterocycles. The summed E-state index contributed by atoms with van der Waals surface area (Å²) in [6.07, 6.45) is 0. The number of rotatable bonds is 0. The largest absolute Gasteiger partial charge is 0.0602 e. The summed E-state index contributed by atoms with van der Waals surface area (Å²) in [5.74, 6) is 1.42. The Morgan fingerprint density at radius 2 is 1.00 bits per heavy atom. The normalized spacial score (nSPS) is 10.7. The maximum atomic E-state index is 3.77. The molecule has 0 aliphatic carbocycles. The van der Waals surface area contributed by atoms with Gasteiger partial charge in [0.2, 0.25) is 0 Å². The molecule has 0 unspecified atom stereocenters. The Labute approximate surface area is 60.7 Å². The van der Waals surface area contributed by atoms with E-state index in [1.165, 1.54) is 5.92 Å². The van der Waals surface area contributed by atoms with Crippen molar-refractivity contribution in [3.05, 3.63) is 12.8 Å². The highest BCUT2D eigenvalue weighted by Crippen LogP contribution is 2.07. The van der Waals surface area contributed by atoms with Crippen molar-refractivity contribution in [1.82, 2.24) is 0 Å². The molecule has 0 rings (SSSR count). The smallest absolute Gasteiger partial charge is 0.0334 e. The van der Waals surface area contributed by atoms with Crippen molar-refractivity contribution in [3.63, 3.8) is 0 Å². The van der Waals surface area contributed by atoms with E-state index in [-0.39, 0.29) is 5.41 Å². The SMILES string of the molecule is C[C](C)C.[CH2]C(C)(C)C. The quantitative estimate of drug-likeness (QED) is 0.468. The second-order valence-electron chi connectivity index (χ2n) is 4.06. The van der Waals surface area contributed by atoms with Gasteiger partial charge in [0.15, 0.2) is 0 Å². The van der Waals surface area contributed by atoms with E-state index < -0.39 is 0 Å². The predicted octanol–water partition coefficient (Wildman–Crippen LogP) is 3.49. The summed E-state index contributed by atoms with van der Waals surface area (Å²) in [5.41, 5.74) is 0.250. The molecule has 0 aliphatic rings. The van der Waals surface area contributed by atoms with Crippen LogP contribution in [-0.2, 0) is 0 Å². The molecule has 9 heavy (non-hydrogen) atoms. The fourth-order valence-corrected chi connectivity index (χ4v) is 0. The minimum absolute atomic E-state index is 0.250. The molecule has 0 aromatic heterocycles. The first-order valence-electron chi connectivity index (χ1n) is 3.35. The fourth-order valence-electron chi connectivity index (χ4n) is 0. The Morgan fingerprint density at radius 3 is 1.00 bits per heavy atom. The second kappa shape index (κ2) is 4.84. The van der Waals surface area contributed by atoms with Crippen LogP contribution in [0, 0.1) is 18.3 Å². The minimum atomic E-state index is 0.250. The summed E-state index contributed by atoms with van der Waals surface area (Å²) in [7, 11) is 0. The second-order valence-corrected chi connectivity index (χ2v) is 4.06. The van der Waals surface area contributed by atoms with Gasteiger partial charge in [-0.2, -0.15) is 0 Å². The van der Waals surface area contributed by atoms with Crippen LogP contribution in [0.3, 0.4) is 0 Å². The van der Waals surface area contributed by atoms with Crippen molar-refractivity contribution in [1.29, 1.82) is 0 Å². The van der Waals surface area contributed by atoms with Gasteiger partial charge in [0, 0.05) is 0 Å². The monoisotopic (exact) mass is 128 g/mol. The lowest BCUT2D eigenvalue weighted by Gasteiger charge is -2.05. The van der Waals surface area contributed by atoms with E-state index in [9.17, 15) is 0 Å². The molecule has 56 valence electrons. The van der Waals surface area contributed by atoms with Crippen molar-refractivity contribution < 1.29 is 0 Å². The van der Waals surface area contributed by atoms with Gasteiger partial charge in [-0.3, -0.25) is 0 Å². The topological polar surface area (TPSA) is 0 Å². The van der Waals surface area contributed by atoms with E-state index in [0.717, 1.165) is 0 Å². The molecule has 2 radical (unpaired) electrons. The molecule has 0 saturated carbocycles. The molecular formula is C9H20. The first-order chi connectivity index (χ1) is 3.73. The Hall–Kier alpha value is 0. The molecule has 0 bridgehead atoms. The molecule has 0 spiro atoms. The Kier molecular flexibility index (Phi) is 6.32. The van der Waals surface area contributed by atoms with Crippen LogP contribution >= 0.6 is 0 Å². The van der Waals surface area contributed by atoms with Crippen LogP contribution in [0.1, 0.15) is 41.5 Å². The lowest BCUT2D eigenvalue weighted by Crippen LogP contribution is -1.94. The standard InChI is InChI=1S/C5H11.C4H9/c1-5(2,3)4;1-4(2)3/h1H2,2-4H3;1-3H3. The molecule has 0 heteroatoms. The van der Waals surface area contributed by atoms with Gasteiger partial charge in [0.1, 0.15) is 0 Å². The van der Waals surface area contributed by atoms with Crippen molar-refractivity contribution in [2.75, 3.05) is 0 Å². The first kappa shape index (κ1) is 11.8. The van der Waals surface area contributed by atoms with Gasteiger partial charge in [-0.1, -0.05) is 41.5 Å². The van der Waals surface area contributed by atoms with Crippen LogP contribution in [0.25, 0.3) is 0 Å². The summed E-state index contributed by atoms with van der Waals surface area (Å²) in [6, 6.07) is 0. The van der Waals surface area contributed by atoms with Gasteiger partial charge in [-0.15, -0.1) is 0 Å². The molecule has 0 aromatic rings. The minimum Gasteiger partial charge on any atom is -0.0602 e. The molecule has 0 amide bonds. The predicted molar refractivity (Wildman–Crippen MR) is 45.1 cm³/mol. The Bertz CT molecular complexity index is 36.8. The molecule has 0 saturated heterocycles. The van der Waals surface area contributed by atoms with Gasteiger partial charge in [-0.05, 0) is 18.3 Å². The van der Waals surface area contributed by atoms with Crippen LogP contribution in [0.5, 0.6) is 0 Å². The van der Waals surface area contributed by atoms with Crippen LogP contribution in [-0.4, -0.2) is 0 Å². The summed E-state index contributed by atoms with van der Waals surface area (Å²) < 4.78 is 0. The first-order valence-corrected chi connectivity index (χ1v) is 3.35. The van der Waals surface area contributed by atoms with Crippen molar-refractivity contribution in [2.24, 2.45) is 5.41 Å². The Balaban J connectivity index is 0. The third-order valence-corrected chi connectivity index (χ3v) is 0. The maximum Gasteiger partial charge on any atom is -0.0334 e. The van der Waals surface area contributed by atoms with E-state index in [1.54, 1.807) is 0 Å². The molecule has 0 nitrogen and oxygen atoms in total. The zero-order valence-corrected chi connectivity index (χ0v) is 7.71. The molecule has 0 atom stereocenters. The lowest BCUT2D eigenvalue weighted by atomic mass is 10.0. The van der Waals surface area contributed by atoms with Gasteiger partial charge in [0.05, 0.1) is 0 Å². The van der Waals surface area contributed by atoms with E-state index in [4.69, 9.17) is 0 Å². The van der Waals surface area contributed by atoms with E-state index >= 15 is 0 Å². The molecule has 0 fully saturated rings. The van der Waals surface area contributed by atoms with Gasteiger partial charge < -0.3 is 0 Å². The zero-order valence-electron chi connectivity index (χ0n) is 7.71. The highest BCUT2D eigenvalue weighted by atomic mass is 14.0. The average Bonchev–Trinajstić information content (AvgIpc) is 1.19. The summed E-state index contributed by atoms with van der Waals surface area (Å²) >= 11 is 0. The van der Waals surface area contributed by atoms with Crippen LogP contribution in [0.2, 0.25) is 0 Å². The van der Waals surface area contributed by atoms with Crippen LogP contribution in [0.4, 0.5) is 0 Å². The summed E-state index contributed by atoms with van der Waals surface area (Å²) in [4.78, 5) is 0. The third-order valence-electron chi connectivity index (χ3n) is 0.